The molecule has 1 aromatic carbocycles. The highest BCUT2D eigenvalue weighted by Gasteiger charge is 2.20. The second-order valence-corrected chi connectivity index (χ2v) is 4.30. The molecule has 3 rings (SSSR count). The van der Waals surface area contributed by atoms with Gasteiger partial charge in [-0.3, -0.25) is 4.79 Å². The molecule has 1 fully saturated rings. The van der Waals surface area contributed by atoms with Crippen LogP contribution >= 0.6 is 0 Å². The van der Waals surface area contributed by atoms with Gasteiger partial charge in [0.15, 0.2) is 5.75 Å². The molecule has 94 valence electrons. The lowest BCUT2D eigenvalue weighted by Gasteiger charge is -2.28. The van der Waals surface area contributed by atoms with Crippen LogP contribution in [-0.2, 0) is 4.74 Å². The van der Waals surface area contributed by atoms with Crippen molar-refractivity contribution in [1.82, 2.24) is 4.98 Å². The average Bonchev–Trinajstić information content (AvgIpc) is 2.40. The van der Waals surface area contributed by atoms with Crippen molar-refractivity contribution in [3.8, 4) is 5.75 Å². The van der Waals surface area contributed by atoms with Crippen LogP contribution in [0.15, 0.2) is 29.1 Å². The number of ether oxygens (including phenoxy) is 1. The summed E-state index contributed by atoms with van der Waals surface area (Å²) in [5.74, 6) is 0.0521. The van der Waals surface area contributed by atoms with Crippen LogP contribution < -0.4 is 10.5 Å². The molecule has 2 aromatic rings. The van der Waals surface area contributed by atoms with E-state index in [4.69, 9.17) is 4.74 Å². The molecule has 0 saturated carbocycles. The van der Waals surface area contributed by atoms with Gasteiger partial charge in [-0.2, -0.15) is 0 Å². The summed E-state index contributed by atoms with van der Waals surface area (Å²) >= 11 is 0. The van der Waals surface area contributed by atoms with E-state index in [0.717, 1.165) is 0 Å². The van der Waals surface area contributed by atoms with Gasteiger partial charge in [-0.1, -0.05) is 12.1 Å². The van der Waals surface area contributed by atoms with Gasteiger partial charge in [0.1, 0.15) is 5.69 Å². The minimum Gasteiger partial charge on any atom is -0.505 e. The lowest BCUT2D eigenvalue weighted by atomic mass is 10.1. The number of morpholine rings is 1. The summed E-state index contributed by atoms with van der Waals surface area (Å²) in [5, 5.41) is 10.9. The Hall–Kier alpha value is -2.01. The van der Waals surface area contributed by atoms with Gasteiger partial charge in [0, 0.05) is 18.5 Å². The first kappa shape index (κ1) is 11.1. The van der Waals surface area contributed by atoms with Crippen LogP contribution in [0.3, 0.4) is 0 Å². The van der Waals surface area contributed by atoms with Gasteiger partial charge < -0.3 is 19.7 Å². The number of anilines is 1. The highest BCUT2D eigenvalue weighted by atomic mass is 16.5. The van der Waals surface area contributed by atoms with E-state index in [1.807, 2.05) is 17.0 Å². The van der Waals surface area contributed by atoms with Crippen molar-refractivity contribution < 1.29 is 9.84 Å². The monoisotopic (exact) mass is 246 g/mol. The Balaban J connectivity index is 2.19. The minimum atomic E-state index is -0.256. The molecular weight excluding hydrogens is 232 g/mol. The van der Waals surface area contributed by atoms with E-state index in [9.17, 15) is 9.90 Å². The molecule has 0 bridgehead atoms. The van der Waals surface area contributed by atoms with Gasteiger partial charge in [0.2, 0.25) is 0 Å². The Labute approximate surface area is 104 Å². The number of hydrogen-bond acceptors (Lipinski definition) is 4. The van der Waals surface area contributed by atoms with Gasteiger partial charge in [-0.05, 0) is 12.1 Å². The Kier molecular flexibility index (Phi) is 2.68. The molecule has 1 saturated heterocycles. The van der Waals surface area contributed by atoms with Crippen LogP contribution in [0, 0.1) is 0 Å². The van der Waals surface area contributed by atoms with Crippen LogP contribution in [0.5, 0.6) is 5.75 Å². The first-order chi connectivity index (χ1) is 8.77. The van der Waals surface area contributed by atoms with Crippen molar-refractivity contribution in [2.75, 3.05) is 31.2 Å². The standard InChI is InChI=1S/C13H14N2O3/c16-12-9-3-1-2-4-10(9)14-13(17)11(12)15-5-7-18-8-6-15/h1-4H,5-8H2,(H2,14,16,17). The quantitative estimate of drug-likeness (QED) is 0.790. The molecule has 0 unspecified atom stereocenters. The SMILES string of the molecule is O=c1[nH]c2ccccc2c(O)c1N1CCOCC1. The van der Waals surface area contributed by atoms with E-state index < -0.39 is 0 Å². The fourth-order valence-electron chi connectivity index (χ4n) is 2.30. The second-order valence-electron chi connectivity index (χ2n) is 4.30. The number of nitrogens with zero attached hydrogens (tertiary/aromatic N) is 1. The maximum Gasteiger partial charge on any atom is 0.275 e. The molecule has 5 nitrogen and oxygen atoms in total. The van der Waals surface area contributed by atoms with Crippen LogP contribution in [0.4, 0.5) is 5.69 Å². The van der Waals surface area contributed by atoms with E-state index in [1.54, 1.807) is 12.1 Å². The Morgan fingerprint density at radius 3 is 2.72 bits per heavy atom. The highest BCUT2D eigenvalue weighted by molar-refractivity contribution is 5.89. The molecule has 0 aliphatic carbocycles. The van der Waals surface area contributed by atoms with Gasteiger partial charge in [-0.15, -0.1) is 0 Å². The number of aromatic hydroxyl groups is 1. The van der Waals surface area contributed by atoms with Crippen molar-refractivity contribution in [2.45, 2.75) is 0 Å². The number of aromatic nitrogens is 1. The third kappa shape index (κ3) is 1.73. The Bertz CT molecular complexity index is 630. The minimum absolute atomic E-state index is 0.0521. The highest BCUT2D eigenvalue weighted by Crippen LogP contribution is 2.30. The number of fused-ring (bicyclic) bond motifs is 1. The lowest BCUT2D eigenvalue weighted by Crippen LogP contribution is -2.39. The zero-order valence-corrected chi connectivity index (χ0v) is 9.85. The van der Waals surface area contributed by atoms with Crippen molar-refractivity contribution in [1.29, 1.82) is 0 Å². The van der Waals surface area contributed by atoms with Gasteiger partial charge >= 0.3 is 0 Å². The molecule has 0 atom stereocenters. The molecule has 0 radical (unpaired) electrons. The average molecular weight is 246 g/mol. The van der Waals surface area contributed by atoms with Crippen molar-refractivity contribution in [3.63, 3.8) is 0 Å². The molecule has 1 aromatic heterocycles. The van der Waals surface area contributed by atoms with E-state index in [2.05, 4.69) is 4.98 Å². The zero-order chi connectivity index (χ0) is 12.5. The van der Waals surface area contributed by atoms with Gasteiger partial charge in [0.05, 0.1) is 18.7 Å². The molecule has 1 aliphatic heterocycles. The first-order valence-corrected chi connectivity index (χ1v) is 5.94. The molecule has 5 heteroatoms. The number of aromatic amines is 1. The summed E-state index contributed by atoms with van der Waals surface area (Å²) in [7, 11) is 0. The third-order valence-corrected chi connectivity index (χ3v) is 3.20. The van der Waals surface area contributed by atoms with Crippen LogP contribution in [-0.4, -0.2) is 36.4 Å². The molecule has 2 N–H and O–H groups in total. The van der Waals surface area contributed by atoms with E-state index in [1.165, 1.54) is 0 Å². The summed E-state index contributed by atoms with van der Waals surface area (Å²) in [5.41, 5.74) is 0.738. The third-order valence-electron chi connectivity index (χ3n) is 3.20. The molecular formula is C13H14N2O3. The molecule has 1 aliphatic rings. The maximum absolute atomic E-state index is 12.1. The van der Waals surface area contributed by atoms with E-state index >= 15 is 0 Å². The molecule has 18 heavy (non-hydrogen) atoms. The predicted octanol–water partition coefficient (Wildman–Crippen LogP) is 1.07. The van der Waals surface area contributed by atoms with Crippen molar-refractivity contribution >= 4 is 16.6 Å². The van der Waals surface area contributed by atoms with Crippen LogP contribution in [0.2, 0.25) is 0 Å². The predicted molar refractivity (Wildman–Crippen MR) is 69.3 cm³/mol. The number of rotatable bonds is 1. The summed E-state index contributed by atoms with van der Waals surface area (Å²) in [4.78, 5) is 16.7. The molecule has 2 heterocycles. The van der Waals surface area contributed by atoms with Crippen molar-refractivity contribution in [3.05, 3.63) is 34.6 Å². The zero-order valence-electron chi connectivity index (χ0n) is 9.85. The van der Waals surface area contributed by atoms with Crippen LogP contribution in [0.1, 0.15) is 0 Å². The number of hydrogen-bond donors (Lipinski definition) is 2. The Morgan fingerprint density at radius 1 is 1.22 bits per heavy atom. The molecule has 0 spiro atoms. The number of pyridine rings is 1. The maximum atomic E-state index is 12.1. The van der Waals surface area contributed by atoms with Crippen molar-refractivity contribution in [2.24, 2.45) is 0 Å². The number of H-pyrrole nitrogens is 1. The summed E-state index contributed by atoms with van der Waals surface area (Å²) in [6, 6.07) is 7.24. The van der Waals surface area contributed by atoms with E-state index in [0.29, 0.717) is 42.9 Å². The van der Waals surface area contributed by atoms with Gasteiger partial charge in [-0.25, -0.2) is 0 Å². The Morgan fingerprint density at radius 2 is 1.94 bits per heavy atom. The number of nitrogens with one attached hydrogen (secondary N) is 1. The number of benzene rings is 1. The first-order valence-electron chi connectivity index (χ1n) is 5.94. The van der Waals surface area contributed by atoms with E-state index in [-0.39, 0.29) is 11.3 Å². The smallest absolute Gasteiger partial charge is 0.275 e. The normalized spacial score (nSPS) is 16.1. The fraction of sp³-hybridized carbons (Fsp3) is 0.308. The van der Waals surface area contributed by atoms with Gasteiger partial charge in [0.25, 0.3) is 5.56 Å². The lowest BCUT2D eigenvalue weighted by molar-refractivity contribution is 0.122. The molecule has 0 amide bonds. The number of para-hydroxylation sites is 1. The largest absolute Gasteiger partial charge is 0.505 e. The fourth-order valence-corrected chi connectivity index (χ4v) is 2.30. The second kappa shape index (κ2) is 4.34. The summed E-state index contributed by atoms with van der Waals surface area (Å²) in [6.45, 7) is 2.39. The summed E-state index contributed by atoms with van der Waals surface area (Å²) < 4.78 is 5.25. The van der Waals surface area contributed by atoms with Crippen LogP contribution in [0.25, 0.3) is 10.9 Å². The topological polar surface area (TPSA) is 65.6 Å². The summed E-state index contributed by atoms with van der Waals surface area (Å²) in [6.07, 6.45) is 0.